The van der Waals surface area contributed by atoms with Crippen molar-refractivity contribution in [1.29, 1.82) is 0 Å². The van der Waals surface area contributed by atoms with Crippen molar-refractivity contribution in [2.75, 3.05) is 26.2 Å². The third-order valence-electron chi connectivity index (χ3n) is 7.16. The first-order valence-corrected chi connectivity index (χ1v) is 12.6. The van der Waals surface area contributed by atoms with Crippen LogP contribution in [-0.2, 0) is 12.1 Å². The molecule has 0 amide bonds. The lowest BCUT2D eigenvalue weighted by Crippen LogP contribution is -2.49. The molecule has 3 heterocycles. The number of aryl methyl sites for hydroxylation is 2. The lowest BCUT2D eigenvalue weighted by atomic mass is 9.98. The van der Waals surface area contributed by atoms with Gasteiger partial charge in [-0.2, -0.15) is 0 Å². The Morgan fingerprint density at radius 1 is 0.972 bits per heavy atom. The van der Waals surface area contributed by atoms with Crippen LogP contribution < -0.4 is 5.56 Å². The number of pyridine rings is 1. The first kappa shape index (κ1) is 24.3. The molecule has 0 aliphatic carbocycles. The molecule has 8 heteroatoms. The molecule has 0 spiro atoms. The van der Waals surface area contributed by atoms with Crippen LogP contribution in [0.15, 0.2) is 53.3 Å². The van der Waals surface area contributed by atoms with Gasteiger partial charge in [0.2, 0.25) is 0 Å². The third kappa shape index (κ3) is 4.70. The van der Waals surface area contributed by atoms with Crippen LogP contribution in [-0.4, -0.2) is 61.2 Å². The van der Waals surface area contributed by atoms with Crippen LogP contribution >= 0.6 is 0 Å². The number of tetrazole rings is 1. The van der Waals surface area contributed by atoms with Crippen molar-refractivity contribution >= 4 is 10.9 Å². The van der Waals surface area contributed by atoms with Crippen LogP contribution in [0, 0.1) is 13.8 Å². The molecule has 0 saturated carbocycles. The minimum atomic E-state index is -0.342. The van der Waals surface area contributed by atoms with Crippen molar-refractivity contribution in [1.82, 2.24) is 35.0 Å². The van der Waals surface area contributed by atoms with E-state index in [0.717, 1.165) is 54.8 Å². The van der Waals surface area contributed by atoms with E-state index in [2.05, 4.69) is 107 Å². The monoisotopic (exact) mass is 485 g/mol. The molecule has 1 saturated heterocycles. The number of nitrogens with one attached hydrogen (secondary N) is 1. The fourth-order valence-corrected chi connectivity index (χ4v) is 5.16. The Kier molecular flexibility index (Phi) is 6.49. The highest BCUT2D eigenvalue weighted by Crippen LogP contribution is 2.31. The normalized spacial score (nSPS) is 16.5. The number of hydrogen-bond donors (Lipinski definition) is 1. The number of benzene rings is 2. The van der Waals surface area contributed by atoms with E-state index in [1.807, 2.05) is 11.6 Å². The number of H-pyrrole nitrogens is 1. The van der Waals surface area contributed by atoms with Crippen molar-refractivity contribution in [3.05, 3.63) is 87.0 Å². The average Bonchev–Trinajstić information content (AvgIpc) is 3.34. The molecule has 4 aromatic rings. The molecule has 8 nitrogen and oxygen atoms in total. The summed E-state index contributed by atoms with van der Waals surface area (Å²) < 4.78 is 1.86. The predicted molar refractivity (Wildman–Crippen MR) is 142 cm³/mol. The Hall–Kier alpha value is -3.36. The molecule has 1 aliphatic rings. The van der Waals surface area contributed by atoms with E-state index < -0.39 is 0 Å². The van der Waals surface area contributed by atoms with Crippen LogP contribution in [0.5, 0.6) is 0 Å². The number of nitrogens with zero attached hydrogens (tertiary/aromatic N) is 6. The fourth-order valence-electron chi connectivity index (χ4n) is 5.16. The van der Waals surface area contributed by atoms with Crippen LogP contribution in [0.1, 0.15) is 54.9 Å². The maximum absolute atomic E-state index is 13.6. The van der Waals surface area contributed by atoms with E-state index in [1.165, 1.54) is 5.56 Å². The number of aromatic nitrogens is 5. The van der Waals surface area contributed by atoms with Crippen molar-refractivity contribution in [2.45, 2.75) is 52.7 Å². The van der Waals surface area contributed by atoms with Gasteiger partial charge < -0.3 is 4.98 Å². The van der Waals surface area contributed by atoms with Gasteiger partial charge in [-0.15, -0.1) is 5.10 Å². The molecule has 1 aliphatic heterocycles. The number of piperazine rings is 1. The Morgan fingerprint density at radius 2 is 1.67 bits per heavy atom. The summed E-state index contributed by atoms with van der Waals surface area (Å²) in [6.07, 6.45) is 0. The highest BCUT2D eigenvalue weighted by molar-refractivity contribution is 5.85. The van der Waals surface area contributed by atoms with Gasteiger partial charge in [0.15, 0.2) is 5.82 Å². The summed E-state index contributed by atoms with van der Waals surface area (Å²) in [4.78, 5) is 21.6. The second kappa shape index (κ2) is 9.59. The van der Waals surface area contributed by atoms with Crippen molar-refractivity contribution in [2.24, 2.45) is 0 Å². The largest absolute Gasteiger partial charge is 0.321 e. The highest BCUT2D eigenvalue weighted by Gasteiger charge is 2.35. The van der Waals surface area contributed by atoms with Gasteiger partial charge in [0.25, 0.3) is 5.56 Å². The zero-order chi connectivity index (χ0) is 25.4. The number of aromatic amines is 1. The smallest absolute Gasteiger partial charge is 0.253 e. The first-order valence-electron chi connectivity index (χ1n) is 12.6. The molecule has 5 rings (SSSR count). The number of rotatable bonds is 5. The first-order chi connectivity index (χ1) is 17.2. The second-order valence-electron chi connectivity index (χ2n) is 10.9. The molecular formula is C28H35N7O. The summed E-state index contributed by atoms with van der Waals surface area (Å²) in [6, 6.07) is 16.4. The molecule has 1 N–H and O–H groups in total. The summed E-state index contributed by atoms with van der Waals surface area (Å²) in [5, 5.41) is 13.9. The summed E-state index contributed by atoms with van der Waals surface area (Å²) in [5.74, 6) is 0.703. The molecule has 2 aromatic carbocycles. The van der Waals surface area contributed by atoms with Crippen LogP contribution in [0.25, 0.3) is 10.9 Å². The van der Waals surface area contributed by atoms with Crippen LogP contribution in [0.3, 0.4) is 0 Å². The van der Waals surface area contributed by atoms with Crippen molar-refractivity contribution in [3.8, 4) is 0 Å². The lowest BCUT2D eigenvalue weighted by Gasteiger charge is -2.39. The maximum Gasteiger partial charge on any atom is 0.253 e. The molecule has 36 heavy (non-hydrogen) atoms. The van der Waals surface area contributed by atoms with E-state index in [9.17, 15) is 4.79 Å². The van der Waals surface area contributed by atoms with Gasteiger partial charge in [-0.05, 0) is 67.8 Å². The van der Waals surface area contributed by atoms with Crippen molar-refractivity contribution < 1.29 is 0 Å². The molecular weight excluding hydrogens is 450 g/mol. The maximum atomic E-state index is 13.6. The summed E-state index contributed by atoms with van der Waals surface area (Å²) in [7, 11) is 0. The third-order valence-corrected chi connectivity index (χ3v) is 7.16. The Labute approximate surface area is 211 Å². The average molecular weight is 486 g/mol. The molecule has 188 valence electrons. The van der Waals surface area contributed by atoms with E-state index in [0.29, 0.717) is 11.4 Å². The summed E-state index contributed by atoms with van der Waals surface area (Å²) in [5.41, 5.74) is 4.69. The van der Waals surface area contributed by atoms with Gasteiger partial charge in [0, 0.05) is 43.7 Å². The SMILES string of the molecule is Cc1ccc(C)c2[nH]c(=O)c([C@H](c3nnnn3C(C)(C)C)N3CCN(Cc4ccccc4)CC3)cc12. The topological polar surface area (TPSA) is 82.9 Å². The summed E-state index contributed by atoms with van der Waals surface area (Å²) in [6.45, 7) is 14.7. The Morgan fingerprint density at radius 3 is 2.36 bits per heavy atom. The quantitative estimate of drug-likeness (QED) is 0.463. The van der Waals surface area contributed by atoms with E-state index in [-0.39, 0.29) is 17.1 Å². The zero-order valence-electron chi connectivity index (χ0n) is 21.8. The number of hydrogen-bond acceptors (Lipinski definition) is 6. The molecule has 0 bridgehead atoms. The van der Waals surface area contributed by atoms with E-state index >= 15 is 0 Å². The van der Waals surface area contributed by atoms with Gasteiger partial charge in [0.1, 0.15) is 6.04 Å². The van der Waals surface area contributed by atoms with Gasteiger partial charge in [-0.25, -0.2) is 4.68 Å². The standard InChI is InChI=1S/C28H35N7O/c1-19-11-12-20(2)24-22(19)17-23(27(36)29-24)25(26-30-31-32-35(26)28(3,4)5)34-15-13-33(14-16-34)18-21-9-7-6-8-10-21/h6-12,17,25H,13-16,18H2,1-5H3,(H,29,36)/t25-/m1/s1. The van der Waals surface area contributed by atoms with Gasteiger partial charge >= 0.3 is 0 Å². The van der Waals surface area contributed by atoms with Crippen LogP contribution in [0.4, 0.5) is 0 Å². The molecule has 1 fully saturated rings. The minimum absolute atomic E-state index is 0.0867. The Balaban J connectivity index is 1.54. The van der Waals surface area contributed by atoms with E-state index in [1.54, 1.807) is 0 Å². The second-order valence-corrected chi connectivity index (χ2v) is 10.9. The van der Waals surface area contributed by atoms with Crippen LogP contribution in [0.2, 0.25) is 0 Å². The number of fused-ring (bicyclic) bond motifs is 1. The van der Waals surface area contributed by atoms with Crippen molar-refractivity contribution in [3.63, 3.8) is 0 Å². The van der Waals surface area contributed by atoms with Gasteiger partial charge in [0.05, 0.1) is 11.1 Å². The summed E-state index contributed by atoms with van der Waals surface area (Å²) >= 11 is 0. The molecule has 0 radical (unpaired) electrons. The fraction of sp³-hybridized carbons (Fsp3) is 0.429. The molecule has 0 unspecified atom stereocenters. The molecule has 1 atom stereocenters. The molecule has 2 aromatic heterocycles. The van der Waals surface area contributed by atoms with Gasteiger partial charge in [-0.3, -0.25) is 14.6 Å². The minimum Gasteiger partial charge on any atom is -0.321 e. The zero-order valence-corrected chi connectivity index (χ0v) is 21.8. The predicted octanol–water partition coefficient (Wildman–Crippen LogP) is 3.79. The van der Waals surface area contributed by atoms with Gasteiger partial charge in [-0.1, -0.05) is 42.5 Å². The van der Waals surface area contributed by atoms with E-state index in [4.69, 9.17) is 0 Å². The Bertz CT molecular complexity index is 1410. The lowest BCUT2D eigenvalue weighted by molar-refractivity contribution is 0.0975. The highest BCUT2D eigenvalue weighted by atomic mass is 16.1.